The van der Waals surface area contributed by atoms with Gasteiger partial charge in [-0.2, -0.15) is 17.6 Å². The number of imide groups is 1. The maximum atomic E-state index is 13.6. The molecule has 27 heavy (non-hydrogen) atoms. The molecule has 1 aliphatic heterocycles. The van der Waals surface area contributed by atoms with E-state index in [4.69, 9.17) is 0 Å². The second-order valence-electron chi connectivity index (χ2n) is 5.41. The zero-order valence-corrected chi connectivity index (χ0v) is 13.0. The van der Waals surface area contributed by atoms with Gasteiger partial charge in [0.2, 0.25) is 0 Å². The van der Waals surface area contributed by atoms with Crippen LogP contribution in [0.2, 0.25) is 0 Å². The third-order valence-electron chi connectivity index (χ3n) is 3.60. The Labute approximate surface area is 146 Å². The van der Waals surface area contributed by atoms with Gasteiger partial charge in [-0.05, 0) is 30.3 Å². The Balaban J connectivity index is 1.76. The molecule has 2 aromatic carbocycles. The molecule has 0 saturated heterocycles. The van der Waals surface area contributed by atoms with Crippen molar-refractivity contribution in [3.8, 4) is 5.75 Å². The van der Waals surface area contributed by atoms with E-state index in [2.05, 4.69) is 4.74 Å². The molecule has 142 valence electrons. The monoisotopic (exact) mass is 390 g/mol. The first-order chi connectivity index (χ1) is 12.5. The minimum Gasteiger partial charge on any atom is -0.427 e. The van der Waals surface area contributed by atoms with E-state index in [1.807, 2.05) is 5.32 Å². The van der Waals surface area contributed by atoms with Gasteiger partial charge in [0.05, 0.1) is 5.56 Å². The zero-order valence-electron chi connectivity index (χ0n) is 13.0. The second kappa shape index (κ2) is 6.18. The summed E-state index contributed by atoms with van der Waals surface area (Å²) in [7, 11) is 0. The summed E-state index contributed by atoms with van der Waals surface area (Å²) in [6, 6.07) is 3.53. The Kier molecular flexibility index (Phi) is 4.25. The van der Waals surface area contributed by atoms with E-state index >= 15 is 0 Å². The number of hydrogen-bond donors (Lipinski definition) is 2. The molecular weight excluding hydrogens is 382 g/mol. The van der Waals surface area contributed by atoms with Crippen molar-refractivity contribution in [3.63, 3.8) is 0 Å². The second-order valence-corrected chi connectivity index (χ2v) is 5.41. The molecule has 1 aliphatic rings. The van der Waals surface area contributed by atoms with E-state index in [-0.39, 0.29) is 5.69 Å². The fourth-order valence-corrected chi connectivity index (χ4v) is 2.34. The van der Waals surface area contributed by atoms with Crippen LogP contribution in [0.5, 0.6) is 5.75 Å². The summed E-state index contributed by atoms with van der Waals surface area (Å²) in [6.45, 7) is 0. The molecule has 2 N–H and O–H groups in total. The van der Waals surface area contributed by atoms with Gasteiger partial charge in [-0.15, -0.1) is 0 Å². The fraction of sp³-hybridized carbons (Fsp3) is 0.125. The third-order valence-corrected chi connectivity index (χ3v) is 3.60. The Morgan fingerprint density at radius 3 is 2.22 bits per heavy atom. The third kappa shape index (κ3) is 3.15. The summed E-state index contributed by atoms with van der Waals surface area (Å²) in [5.74, 6) is -9.29. The van der Waals surface area contributed by atoms with Crippen LogP contribution >= 0.6 is 0 Å². The molecule has 0 fully saturated rings. The van der Waals surface area contributed by atoms with Crippen LogP contribution in [0.25, 0.3) is 0 Å². The van der Waals surface area contributed by atoms with Gasteiger partial charge >= 0.3 is 18.1 Å². The molecule has 3 amide bonds. The number of urea groups is 1. The van der Waals surface area contributed by atoms with Crippen LogP contribution in [0.3, 0.4) is 0 Å². The quantitative estimate of drug-likeness (QED) is 0.762. The molecule has 1 heterocycles. The van der Waals surface area contributed by atoms with Crippen LogP contribution in [0.1, 0.15) is 15.9 Å². The number of carbonyl (C=O) groups is 2. The summed E-state index contributed by atoms with van der Waals surface area (Å²) in [4.78, 5) is 23.5. The molecule has 0 unspecified atom stereocenters. The van der Waals surface area contributed by atoms with Crippen molar-refractivity contribution >= 4 is 17.6 Å². The van der Waals surface area contributed by atoms with Crippen molar-refractivity contribution in [2.75, 3.05) is 5.32 Å². The number of halogens is 6. The first-order valence-electron chi connectivity index (χ1n) is 7.18. The highest BCUT2D eigenvalue weighted by Crippen LogP contribution is 2.53. The number of alkyl halides is 4. The lowest BCUT2D eigenvalue weighted by Gasteiger charge is -2.16. The molecule has 0 saturated carbocycles. The lowest BCUT2D eigenvalue weighted by molar-refractivity contribution is -0.296. The Hall–Kier alpha value is -3.24. The van der Waals surface area contributed by atoms with Crippen LogP contribution in [0.15, 0.2) is 36.4 Å². The number of carbonyl (C=O) groups excluding carboxylic acids is 2. The summed E-state index contributed by atoms with van der Waals surface area (Å²) < 4.78 is 84.4. The molecule has 2 aromatic rings. The van der Waals surface area contributed by atoms with E-state index in [9.17, 15) is 35.9 Å². The number of anilines is 1. The topological polar surface area (TPSA) is 67.4 Å². The SMILES string of the molecule is O=C(NC(=O)c1c(F)cccc1F)Nc1ccc2c(c1)C(F)(F)C(F)(F)O2. The fourth-order valence-electron chi connectivity index (χ4n) is 2.34. The summed E-state index contributed by atoms with van der Waals surface area (Å²) in [6.07, 6.45) is -4.76. The van der Waals surface area contributed by atoms with Gasteiger partial charge in [0, 0.05) is 5.69 Å². The number of hydrogen-bond acceptors (Lipinski definition) is 3. The van der Waals surface area contributed by atoms with Crippen LogP contribution < -0.4 is 15.4 Å². The van der Waals surface area contributed by atoms with Crippen molar-refractivity contribution in [1.29, 1.82) is 0 Å². The molecule has 11 heteroatoms. The normalized spacial score (nSPS) is 16.2. The predicted octanol–water partition coefficient (Wildman–Crippen LogP) is 4.00. The maximum Gasteiger partial charge on any atom is 0.469 e. The maximum absolute atomic E-state index is 13.6. The Bertz CT molecular complexity index is 927. The van der Waals surface area contributed by atoms with Crippen molar-refractivity contribution in [3.05, 3.63) is 59.2 Å². The Morgan fingerprint density at radius 2 is 1.59 bits per heavy atom. The molecule has 0 aromatic heterocycles. The molecule has 0 bridgehead atoms. The van der Waals surface area contributed by atoms with E-state index < -0.39 is 52.5 Å². The summed E-state index contributed by atoms with van der Waals surface area (Å²) >= 11 is 0. The molecule has 0 aliphatic carbocycles. The van der Waals surface area contributed by atoms with E-state index in [1.54, 1.807) is 5.32 Å². The van der Waals surface area contributed by atoms with Gasteiger partial charge in [-0.25, -0.2) is 13.6 Å². The van der Waals surface area contributed by atoms with Crippen molar-refractivity contribution in [2.24, 2.45) is 0 Å². The molecule has 0 radical (unpaired) electrons. The summed E-state index contributed by atoms with van der Waals surface area (Å²) in [5.41, 5.74) is -2.58. The molecule has 3 rings (SSSR count). The molecule has 0 spiro atoms. The van der Waals surface area contributed by atoms with E-state index in [0.29, 0.717) is 6.07 Å². The molecular formula is C16H8F6N2O3. The van der Waals surface area contributed by atoms with E-state index in [1.165, 1.54) is 0 Å². The number of ether oxygens (including phenoxy) is 1. The lowest BCUT2D eigenvalue weighted by atomic mass is 10.1. The first-order valence-corrected chi connectivity index (χ1v) is 7.18. The van der Waals surface area contributed by atoms with Crippen molar-refractivity contribution in [1.82, 2.24) is 5.32 Å². The van der Waals surface area contributed by atoms with Crippen molar-refractivity contribution in [2.45, 2.75) is 12.0 Å². The minimum atomic E-state index is -4.76. The standard InChI is InChI=1S/C16H8F6N2O3/c17-9-2-1-3-10(18)12(9)13(25)24-14(26)23-7-4-5-11-8(6-7)15(19,20)16(21,22)27-11/h1-6H,(H2,23,24,25,26). The van der Waals surface area contributed by atoms with Crippen molar-refractivity contribution < 1.29 is 40.7 Å². The predicted molar refractivity (Wildman–Crippen MR) is 78.8 cm³/mol. The van der Waals surface area contributed by atoms with Crippen LogP contribution in [-0.2, 0) is 5.92 Å². The lowest BCUT2D eigenvalue weighted by Crippen LogP contribution is -2.37. The van der Waals surface area contributed by atoms with Crippen LogP contribution in [-0.4, -0.2) is 18.0 Å². The van der Waals surface area contributed by atoms with Gasteiger partial charge in [0.1, 0.15) is 22.9 Å². The van der Waals surface area contributed by atoms with Gasteiger partial charge in [-0.1, -0.05) is 6.07 Å². The van der Waals surface area contributed by atoms with Gasteiger partial charge in [0.15, 0.2) is 0 Å². The first kappa shape index (κ1) is 18.5. The van der Waals surface area contributed by atoms with Gasteiger partial charge in [0.25, 0.3) is 5.91 Å². The average Bonchev–Trinajstić information content (AvgIpc) is 2.72. The number of amides is 3. The smallest absolute Gasteiger partial charge is 0.427 e. The van der Waals surface area contributed by atoms with E-state index in [0.717, 1.165) is 30.3 Å². The Morgan fingerprint density at radius 1 is 0.963 bits per heavy atom. The molecule has 5 nitrogen and oxygen atoms in total. The minimum absolute atomic E-state index is 0.381. The highest BCUT2D eigenvalue weighted by molar-refractivity contribution is 6.08. The van der Waals surface area contributed by atoms with Crippen LogP contribution in [0.4, 0.5) is 36.8 Å². The van der Waals surface area contributed by atoms with Gasteiger partial charge < -0.3 is 10.1 Å². The highest BCUT2D eigenvalue weighted by Gasteiger charge is 2.66. The number of nitrogens with one attached hydrogen (secondary N) is 2. The largest absolute Gasteiger partial charge is 0.469 e. The number of rotatable bonds is 2. The molecule has 0 atom stereocenters. The zero-order chi connectivity index (χ0) is 20.0. The van der Waals surface area contributed by atoms with Crippen LogP contribution in [0, 0.1) is 11.6 Å². The number of benzene rings is 2. The summed E-state index contributed by atoms with van der Waals surface area (Å²) in [5, 5.41) is 3.52. The van der Waals surface area contributed by atoms with Gasteiger partial charge in [-0.3, -0.25) is 10.1 Å². The average molecular weight is 390 g/mol. The number of fused-ring (bicyclic) bond motifs is 1. The highest BCUT2D eigenvalue weighted by atomic mass is 19.3.